The Labute approximate surface area is 174 Å². The largest absolute Gasteiger partial charge is 0.496 e. The summed E-state index contributed by atoms with van der Waals surface area (Å²) >= 11 is 0. The summed E-state index contributed by atoms with van der Waals surface area (Å²) in [5.41, 5.74) is 1.55. The molecule has 0 aliphatic carbocycles. The Balaban J connectivity index is 1.63. The molecule has 3 aromatic rings. The molecule has 0 saturated carbocycles. The van der Waals surface area contributed by atoms with E-state index in [0.29, 0.717) is 29.4 Å². The second kappa shape index (κ2) is 8.95. The van der Waals surface area contributed by atoms with Crippen LogP contribution in [-0.2, 0) is 0 Å². The fourth-order valence-corrected chi connectivity index (χ4v) is 3.56. The second-order valence-electron chi connectivity index (χ2n) is 6.96. The van der Waals surface area contributed by atoms with Crippen molar-refractivity contribution in [2.24, 2.45) is 0 Å². The Bertz CT molecular complexity index is 981. The summed E-state index contributed by atoms with van der Waals surface area (Å²) in [6.07, 6.45) is 6.07. The minimum absolute atomic E-state index is 0.0139. The minimum Gasteiger partial charge on any atom is -0.496 e. The number of methoxy groups -OCH3 is 1. The lowest BCUT2D eigenvalue weighted by atomic mass is 10.0. The number of oxazole rings is 1. The summed E-state index contributed by atoms with van der Waals surface area (Å²) in [5.74, 6) is 2.66. The van der Waals surface area contributed by atoms with Gasteiger partial charge >= 0.3 is 0 Å². The Kier molecular flexibility index (Phi) is 5.94. The fourth-order valence-electron chi connectivity index (χ4n) is 3.56. The van der Waals surface area contributed by atoms with Crippen molar-refractivity contribution in [1.29, 1.82) is 0 Å². The smallest absolute Gasteiger partial charge is 0.233 e. The predicted molar refractivity (Wildman–Crippen MR) is 113 cm³/mol. The average molecular weight is 411 g/mol. The highest BCUT2D eigenvalue weighted by atomic mass is 16.5. The maximum Gasteiger partial charge on any atom is 0.233 e. The van der Waals surface area contributed by atoms with Gasteiger partial charge in [-0.3, -0.25) is 0 Å². The van der Waals surface area contributed by atoms with Crippen LogP contribution in [-0.4, -0.2) is 58.4 Å². The maximum atomic E-state index is 9.75. The third kappa shape index (κ3) is 4.13. The van der Waals surface area contributed by atoms with Gasteiger partial charge in [-0.15, -0.1) is 0 Å². The second-order valence-corrected chi connectivity index (χ2v) is 6.96. The molecule has 1 aliphatic rings. The molecule has 0 amide bonds. The molecule has 0 spiro atoms. The summed E-state index contributed by atoms with van der Waals surface area (Å²) in [6, 6.07) is 5.63. The Morgan fingerprint density at radius 3 is 2.83 bits per heavy atom. The van der Waals surface area contributed by atoms with Crippen molar-refractivity contribution in [2.45, 2.75) is 25.3 Å². The van der Waals surface area contributed by atoms with Crippen molar-refractivity contribution in [3.63, 3.8) is 0 Å². The van der Waals surface area contributed by atoms with E-state index in [1.54, 1.807) is 20.4 Å². The molecule has 158 valence electrons. The highest BCUT2D eigenvalue weighted by Crippen LogP contribution is 2.33. The molecular formula is C20H25N7O3. The summed E-state index contributed by atoms with van der Waals surface area (Å²) < 4.78 is 10.9. The van der Waals surface area contributed by atoms with Gasteiger partial charge in [-0.05, 0) is 31.4 Å². The van der Waals surface area contributed by atoms with Crippen LogP contribution in [0.3, 0.4) is 0 Å². The van der Waals surface area contributed by atoms with Gasteiger partial charge in [0.2, 0.25) is 17.8 Å². The lowest BCUT2D eigenvalue weighted by Crippen LogP contribution is -2.43. The molecule has 0 bridgehead atoms. The third-order valence-electron chi connectivity index (χ3n) is 5.10. The Morgan fingerprint density at radius 1 is 1.23 bits per heavy atom. The number of benzene rings is 1. The lowest BCUT2D eigenvalue weighted by Gasteiger charge is -2.34. The fraction of sp³-hybridized carbons (Fsp3) is 0.400. The number of rotatable bonds is 7. The topological polar surface area (TPSA) is 121 Å². The molecule has 10 heteroatoms. The molecule has 1 aromatic carbocycles. The molecule has 1 saturated heterocycles. The highest BCUT2D eigenvalue weighted by Gasteiger charge is 2.25. The van der Waals surface area contributed by atoms with E-state index in [1.807, 2.05) is 23.1 Å². The van der Waals surface area contributed by atoms with Crippen LogP contribution < -0.4 is 20.3 Å². The lowest BCUT2D eigenvalue weighted by molar-refractivity contribution is 0.239. The number of aliphatic hydroxyl groups is 1. The van der Waals surface area contributed by atoms with E-state index < -0.39 is 0 Å². The van der Waals surface area contributed by atoms with Gasteiger partial charge in [0, 0.05) is 25.3 Å². The van der Waals surface area contributed by atoms with Crippen molar-refractivity contribution in [1.82, 2.24) is 19.9 Å². The normalized spacial score (nSPS) is 16.4. The van der Waals surface area contributed by atoms with E-state index in [-0.39, 0.29) is 12.6 Å². The molecule has 0 radical (unpaired) electrons. The summed E-state index contributed by atoms with van der Waals surface area (Å²) in [6.45, 7) is 0.876. The number of nitrogens with one attached hydrogen (secondary N) is 2. The van der Waals surface area contributed by atoms with Gasteiger partial charge in [-0.1, -0.05) is 0 Å². The molecule has 1 fully saturated rings. The van der Waals surface area contributed by atoms with Gasteiger partial charge in [0.25, 0.3) is 0 Å². The first-order valence-electron chi connectivity index (χ1n) is 9.87. The van der Waals surface area contributed by atoms with E-state index in [9.17, 15) is 5.11 Å². The third-order valence-corrected chi connectivity index (χ3v) is 5.10. The summed E-state index contributed by atoms with van der Waals surface area (Å²) in [4.78, 5) is 19.5. The quantitative estimate of drug-likeness (QED) is 0.535. The molecule has 1 aliphatic heterocycles. The molecule has 4 rings (SSSR count). The minimum atomic E-state index is 0.0139. The zero-order valence-electron chi connectivity index (χ0n) is 17.0. The zero-order chi connectivity index (χ0) is 20.9. The predicted octanol–water partition coefficient (Wildman–Crippen LogP) is 2.67. The van der Waals surface area contributed by atoms with Crippen molar-refractivity contribution in [3.05, 3.63) is 30.8 Å². The maximum absolute atomic E-state index is 9.75. The van der Waals surface area contributed by atoms with Gasteiger partial charge in [0.1, 0.15) is 5.75 Å². The van der Waals surface area contributed by atoms with Gasteiger partial charge in [0.05, 0.1) is 31.5 Å². The summed E-state index contributed by atoms with van der Waals surface area (Å²) in [7, 11) is 3.36. The van der Waals surface area contributed by atoms with E-state index in [1.165, 1.54) is 6.39 Å². The average Bonchev–Trinajstić information content (AvgIpc) is 3.33. The van der Waals surface area contributed by atoms with Crippen LogP contribution in [0.15, 0.2) is 35.2 Å². The molecule has 3 N–H and O–H groups in total. The monoisotopic (exact) mass is 411 g/mol. The van der Waals surface area contributed by atoms with Crippen molar-refractivity contribution >= 4 is 23.5 Å². The number of aromatic nitrogens is 4. The molecule has 30 heavy (non-hydrogen) atoms. The first-order valence-corrected chi connectivity index (χ1v) is 9.87. The van der Waals surface area contributed by atoms with E-state index in [4.69, 9.17) is 9.15 Å². The number of aliphatic hydroxyl groups excluding tert-OH is 1. The molecule has 10 nitrogen and oxygen atoms in total. The standard InChI is InChI=1S/C20H25N7O3/c1-21-18-24-19(26-20(25-18)27-8-4-3-5-14(27)11-28)23-13-6-7-15(16(9-13)29-2)17-10-22-12-30-17/h6-7,9-10,12,14,28H,3-5,8,11H2,1-2H3,(H2,21,23,24,25,26). The first kappa shape index (κ1) is 19.9. The number of anilines is 4. The van der Waals surface area contributed by atoms with Crippen LogP contribution in [0.1, 0.15) is 19.3 Å². The number of piperidine rings is 1. The van der Waals surface area contributed by atoms with Crippen LogP contribution in [0.4, 0.5) is 23.5 Å². The molecular weight excluding hydrogens is 386 g/mol. The van der Waals surface area contributed by atoms with Gasteiger partial charge < -0.3 is 29.8 Å². The summed E-state index contributed by atoms with van der Waals surface area (Å²) in [5, 5.41) is 15.9. The van der Waals surface area contributed by atoms with Gasteiger partial charge in [-0.25, -0.2) is 4.98 Å². The number of nitrogens with zero attached hydrogens (tertiary/aromatic N) is 5. The van der Waals surface area contributed by atoms with Crippen LogP contribution in [0.25, 0.3) is 11.3 Å². The van der Waals surface area contributed by atoms with Gasteiger partial charge in [-0.2, -0.15) is 15.0 Å². The molecule has 1 unspecified atom stereocenters. The number of hydrogen-bond acceptors (Lipinski definition) is 10. The number of hydrogen-bond donors (Lipinski definition) is 3. The highest BCUT2D eigenvalue weighted by molar-refractivity contribution is 5.71. The van der Waals surface area contributed by atoms with E-state index in [0.717, 1.165) is 37.1 Å². The van der Waals surface area contributed by atoms with Crippen molar-refractivity contribution < 1.29 is 14.3 Å². The Hall–Kier alpha value is -3.40. The van der Waals surface area contributed by atoms with Crippen LogP contribution in [0.2, 0.25) is 0 Å². The van der Waals surface area contributed by atoms with E-state index in [2.05, 4.69) is 30.6 Å². The van der Waals surface area contributed by atoms with Crippen LogP contribution >= 0.6 is 0 Å². The molecule has 3 heterocycles. The molecule has 2 aromatic heterocycles. The Morgan fingerprint density at radius 2 is 2.10 bits per heavy atom. The number of ether oxygens (including phenoxy) is 1. The van der Waals surface area contributed by atoms with E-state index >= 15 is 0 Å². The van der Waals surface area contributed by atoms with Gasteiger partial charge in [0.15, 0.2) is 12.2 Å². The zero-order valence-corrected chi connectivity index (χ0v) is 17.0. The SMILES string of the molecule is CNc1nc(Nc2ccc(-c3cnco3)c(OC)c2)nc(N2CCCCC2CO)n1. The molecule has 1 atom stereocenters. The van der Waals surface area contributed by atoms with Crippen molar-refractivity contribution in [3.8, 4) is 17.1 Å². The van der Waals surface area contributed by atoms with Crippen molar-refractivity contribution in [2.75, 3.05) is 42.8 Å². The first-order chi connectivity index (χ1) is 14.7. The van der Waals surface area contributed by atoms with Crippen LogP contribution in [0, 0.1) is 0 Å². The van der Waals surface area contributed by atoms with Crippen LogP contribution in [0.5, 0.6) is 5.75 Å².